The molecule has 3 amide bonds. The van der Waals surface area contributed by atoms with Gasteiger partial charge in [0.15, 0.2) is 0 Å². The number of carbonyl (C=O) groups is 2. The molecule has 0 radical (unpaired) electrons. The van der Waals surface area contributed by atoms with E-state index >= 15 is 0 Å². The van der Waals surface area contributed by atoms with E-state index in [-0.39, 0.29) is 11.9 Å². The van der Waals surface area contributed by atoms with Crippen molar-refractivity contribution in [2.24, 2.45) is 0 Å². The number of halogens is 1. The van der Waals surface area contributed by atoms with E-state index in [0.717, 1.165) is 25.2 Å². The molecule has 0 atom stereocenters. The van der Waals surface area contributed by atoms with Gasteiger partial charge in [0.25, 0.3) is 5.91 Å². The number of anilines is 1. The van der Waals surface area contributed by atoms with Crippen LogP contribution in [0, 0.1) is 0 Å². The Hall–Kier alpha value is -2.24. The van der Waals surface area contributed by atoms with Gasteiger partial charge < -0.3 is 9.80 Å². The van der Waals surface area contributed by atoms with Crippen molar-refractivity contribution in [3.63, 3.8) is 0 Å². The maximum Gasteiger partial charge on any atom is 0.326 e. The van der Waals surface area contributed by atoms with Gasteiger partial charge in [-0.25, -0.2) is 18.4 Å². The van der Waals surface area contributed by atoms with E-state index in [4.69, 9.17) is 0 Å². The Morgan fingerprint density at radius 2 is 1.86 bits per heavy atom. The lowest BCUT2D eigenvalue weighted by Crippen LogP contribution is -2.52. The van der Waals surface area contributed by atoms with Gasteiger partial charge in [-0.05, 0) is 36.4 Å². The fourth-order valence-electron chi connectivity index (χ4n) is 3.22. The Kier molecular flexibility index (Phi) is 7.78. The van der Waals surface area contributed by atoms with E-state index in [9.17, 15) is 9.59 Å². The summed E-state index contributed by atoms with van der Waals surface area (Å²) in [6.07, 6.45) is 1.68. The molecule has 1 fully saturated rings. The van der Waals surface area contributed by atoms with Crippen molar-refractivity contribution in [2.45, 2.75) is 13.5 Å². The summed E-state index contributed by atoms with van der Waals surface area (Å²) in [7, 11) is 0. The summed E-state index contributed by atoms with van der Waals surface area (Å²) in [5.74, 6) is 0.285. The van der Waals surface area contributed by atoms with Crippen molar-refractivity contribution in [3.8, 4) is 0 Å². The second-order valence-electron chi connectivity index (χ2n) is 6.68. The molecule has 0 spiro atoms. The molecule has 0 aliphatic carbocycles. The summed E-state index contributed by atoms with van der Waals surface area (Å²) >= 11 is 1.60. The highest BCUT2D eigenvalue weighted by Gasteiger charge is 2.26. The first kappa shape index (κ1) is 21.5. The topological polar surface area (TPSA) is 78.0 Å². The Labute approximate surface area is 184 Å². The van der Waals surface area contributed by atoms with Crippen molar-refractivity contribution < 1.29 is 12.8 Å². The van der Waals surface area contributed by atoms with Crippen molar-refractivity contribution in [3.05, 3.63) is 59.8 Å². The number of amides is 3. The van der Waals surface area contributed by atoms with Crippen molar-refractivity contribution in [1.82, 2.24) is 20.3 Å². The minimum absolute atomic E-state index is 0.0559. The van der Waals surface area contributed by atoms with Crippen LogP contribution >= 0.6 is 23.0 Å². The number of carbonyl (C=O) groups excluding carboxylic acids is 2. The molecular formula is C20H24IN5O3. The van der Waals surface area contributed by atoms with Crippen LogP contribution in [-0.4, -0.2) is 59.4 Å². The van der Waals surface area contributed by atoms with Gasteiger partial charge >= 0.3 is 6.03 Å². The lowest BCUT2D eigenvalue weighted by molar-refractivity contribution is 0.0829. The molecule has 154 valence electrons. The summed E-state index contributed by atoms with van der Waals surface area (Å²) in [5.41, 5.74) is 3.67. The van der Waals surface area contributed by atoms with Gasteiger partial charge in [0.1, 0.15) is 28.8 Å². The number of likely N-dealkylation sites (N-methyl/N-ethyl adjacent to an activating group) is 1. The molecule has 1 aromatic carbocycles. The lowest BCUT2D eigenvalue weighted by atomic mass is 10.1. The van der Waals surface area contributed by atoms with Crippen LogP contribution in [0.3, 0.4) is 0 Å². The predicted octanol–water partition coefficient (Wildman–Crippen LogP) is 2.86. The van der Waals surface area contributed by atoms with Gasteiger partial charge in [-0.15, -0.1) is 0 Å². The highest BCUT2D eigenvalue weighted by molar-refractivity contribution is 14.1. The number of hydrogen-bond acceptors (Lipinski definition) is 5. The van der Waals surface area contributed by atoms with Crippen LogP contribution in [0.25, 0.3) is 0 Å². The van der Waals surface area contributed by atoms with Crippen LogP contribution in [-0.2, 0) is 9.71 Å². The SMILES string of the molecule is CCN1CCN(C(=O)N(Cc2ccc(C(=O)NOI)cc2)c2ccccn2)CC1. The molecule has 3 rings (SSSR count). The standard InChI is InChI=1S/C20H24IN5O3/c1-2-24-11-13-25(14-12-24)20(28)26(18-5-3-4-10-22-18)15-16-6-8-17(9-7-16)19(27)23-29-21/h3-10H,2,11-15H2,1H3,(H,23,27). The molecule has 2 heterocycles. The highest BCUT2D eigenvalue weighted by atomic mass is 127. The molecule has 1 saturated heterocycles. The van der Waals surface area contributed by atoms with Crippen molar-refractivity contribution >= 4 is 40.8 Å². The molecule has 2 aromatic rings. The van der Waals surface area contributed by atoms with Crippen LogP contribution < -0.4 is 10.4 Å². The molecule has 1 aliphatic heterocycles. The summed E-state index contributed by atoms with van der Waals surface area (Å²) < 4.78 is 4.63. The quantitative estimate of drug-likeness (QED) is 0.479. The number of hydroxylamine groups is 1. The van der Waals surface area contributed by atoms with Crippen LogP contribution in [0.4, 0.5) is 10.6 Å². The third kappa shape index (κ3) is 5.64. The Balaban J connectivity index is 1.76. The van der Waals surface area contributed by atoms with E-state index in [0.29, 0.717) is 31.0 Å². The number of rotatable bonds is 6. The molecule has 1 aromatic heterocycles. The normalized spacial score (nSPS) is 14.5. The van der Waals surface area contributed by atoms with Crippen molar-refractivity contribution in [1.29, 1.82) is 0 Å². The van der Waals surface area contributed by atoms with Gasteiger partial charge in [0, 0.05) is 37.9 Å². The van der Waals surface area contributed by atoms with E-state index in [1.165, 1.54) is 0 Å². The molecule has 0 saturated carbocycles. The Morgan fingerprint density at radius 1 is 1.14 bits per heavy atom. The molecule has 0 unspecified atom stereocenters. The number of pyridine rings is 1. The van der Waals surface area contributed by atoms with Gasteiger partial charge in [-0.3, -0.25) is 9.69 Å². The average Bonchev–Trinajstić information content (AvgIpc) is 2.78. The largest absolute Gasteiger partial charge is 0.326 e. The second kappa shape index (κ2) is 10.5. The Morgan fingerprint density at radius 3 is 2.45 bits per heavy atom. The van der Waals surface area contributed by atoms with E-state index in [1.54, 1.807) is 46.2 Å². The maximum atomic E-state index is 13.3. The van der Waals surface area contributed by atoms with Crippen LogP contribution in [0.15, 0.2) is 48.7 Å². The van der Waals surface area contributed by atoms with Crippen molar-refractivity contribution in [2.75, 3.05) is 37.6 Å². The minimum Gasteiger partial charge on any atom is -0.322 e. The molecule has 1 aliphatic rings. The van der Waals surface area contributed by atoms with Gasteiger partial charge in [-0.1, -0.05) is 25.1 Å². The Bertz CT molecular complexity index is 811. The number of piperazine rings is 1. The van der Waals surface area contributed by atoms with E-state index in [2.05, 4.69) is 25.5 Å². The zero-order chi connectivity index (χ0) is 20.6. The van der Waals surface area contributed by atoms with Crippen LogP contribution in [0.2, 0.25) is 0 Å². The maximum absolute atomic E-state index is 13.3. The van der Waals surface area contributed by atoms with E-state index < -0.39 is 0 Å². The molecular weight excluding hydrogens is 485 g/mol. The average molecular weight is 509 g/mol. The van der Waals surface area contributed by atoms with Gasteiger partial charge in [0.2, 0.25) is 0 Å². The molecule has 29 heavy (non-hydrogen) atoms. The number of nitrogens with zero attached hydrogens (tertiary/aromatic N) is 4. The van der Waals surface area contributed by atoms with Gasteiger partial charge in [-0.2, -0.15) is 0 Å². The predicted molar refractivity (Wildman–Crippen MR) is 119 cm³/mol. The smallest absolute Gasteiger partial charge is 0.322 e. The van der Waals surface area contributed by atoms with Crippen LogP contribution in [0.1, 0.15) is 22.8 Å². The zero-order valence-corrected chi connectivity index (χ0v) is 18.4. The number of aromatic nitrogens is 1. The zero-order valence-electron chi connectivity index (χ0n) is 16.3. The fraction of sp³-hybridized carbons (Fsp3) is 0.350. The van der Waals surface area contributed by atoms with Gasteiger partial charge in [0.05, 0.1) is 6.54 Å². The first-order valence-electron chi connectivity index (χ1n) is 9.49. The molecule has 9 heteroatoms. The number of benzene rings is 1. The second-order valence-corrected chi connectivity index (χ2v) is 7.12. The summed E-state index contributed by atoms with van der Waals surface area (Å²) in [6.45, 7) is 6.65. The number of hydrogen-bond donors (Lipinski definition) is 1. The molecule has 0 bridgehead atoms. The molecule has 8 nitrogen and oxygen atoms in total. The highest BCUT2D eigenvalue weighted by Crippen LogP contribution is 2.18. The lowest BCUT2D eigenvalue weighted by Gasteiger charge is -2.37. The summed E-state index contributed by atoms with van der Waals surface area (Å²) in [4.78, 5) is 35.4. The third-order valence-corrected chi connectivity index (χ3v) is 5.16. The summed E-state index contributed by atoms with van der Waals surface area (Å²) in [5, 5.41) is 0. The number of nitrogens with one attached hydrogen (secondary N) is 1. The first-order chi connectivity index (χ1) is 14.1. The summed E-state index contributed by atoms with van der Waals surface area (Å²) in [6, 6.07) is 12.6. The monoisotopic (exact) mass is 509 g/mol. The minimum atomic E-state index is -0.322. The van der Waals surface area contributed by atoms with Crippen LogP contribution in [0.5, 0.6) is 0 Å². The van der Waals surface area contributed by atoms with E-state index in [1.807, 2.05) is 35.2 Å². The fourth-order valence-corrected chi connectivity index (χ4v) is 3.42. The number of urea groups is 1. The first-order valence-corrected chi connectivity index (χ1v) is 10.4. The molecule has 1 N–H and O–H groups in total. The third-order valence-electron chi connectivity index (χ3n) is 4.93.